The fourth-order valence-corrected chi connectivity index (χ4v) is 4.48. The predicted octanol–water partition coefficient (Wildman–Crippen LogP) is 0.641. The van der Waals surface area contributed by atoms with Crippen LogP contribution in [0.4, 0.5) is 5.69 Å². The van der Waals surface area contributed by atoms with Gasteiger partial charge in [0.25, 0.3) is 5.91 Å². The third kappa shape index (κ3) is 3.24. The molecule has 5 amide bonds. The molecule has 0 aromatic heterocycles. The molecule has 0 aliphatic carbocycles. The van der Waals surface area contributed by atoms with Gasteiger partial charge in [-0.2, -0.15) is 0 Å². The van der Waals surface area contributed by atoms with Crippen molar-refractivity contribution in [3.8, 4) is 0 Å². The van der Waals surface area contributed by atoms with Crippen LogP contribution in [-0.4, -0.2) is 64.6 Å². The van der Waals surface area contributed by atoms with Crippen LogP contribution in [0.15, 0.2) is 24.3 Å². The van der Waals surface area contributed by atoms with Gasteiger partial charge in [0.2, 0.25) is 23.6 Å². The zero-order valence-corrected chi connectivity index (χ0v) is 16.8. The average Bonchev–Trinajstić information content (AvgIpc) is 3.21. The molecule has 2 fully saturated rings. The Morgan fingerprint density at radius 1 is 1.03 bits per heavy atom. The molecule has 1 aromatic rings. The number of fused-ring (bicyclic) bond motifs is 3. The summed E-state index contributed by atoms with van der Waals surface area (Å²) in [7, 11) is 0. The lowest BCUT2D eigenvalue weighted by Gasteiger charge is -2.48. The van der Waals surface area contributed by atoms with E-state index in [2.05, 4.69) is 5.32 Å². The number of amides is 5. The molecule has 1 aromatic carbocycles. The van der Waals surface area contributed by atoms with Gasteiger partial charge in [-0.25, -0.2) is 0 Å². The van der Waals surface area contributed by atoms with Gasteiger partial charge in [0, 0.05) is 32.4 Å². The third-order valence-electron chi connectivity index (χ3n) is 6.08. The summed E-state index contributed by atoms with van der Waals surface area (Å²) in [6.45, 7) is 2.19. The summed E-state index contributed by atoms with van der Waals surface area (Å²) >= 11 is 0. The zero-order valence-electron chi connectivity index (χ0n) is 16.8. The van der Waals surface area contributed by atoms with Crippen LogP contribution in [0.3, 0.4) is 0 Å². The number of benzene rings is 1. The van der Waals surface area contributed by atoms with Gasteiger partial charge in [-0.05, 0) is 31.9 Å². The summed E-state index contributed by atoms with van der Waals surface area (Å²) in [6, 6.07) is 6.94. The normalized spacial score (nSPS) is 23.2. The molecule has 158 valence electrons. The third-order valence-corrected chi connectivity index (χ3v) is 6.08. The van der Waals surface area contributed by atoms with Crippen LogP contribution in [-0.2, 0) is 19.2 Å². The van der Waals surface area contributed by atoms with E-state index in [-0.39, 0.29) is 62.0 Å². The molecule has 3 aliphatic rings. The van der Waals surface area contributed by atoms with Crippen LogP contribution >= 0.6 is 0 Å². The molecule has 0 spiro atoms. The number of hydrogen-bond acceptors (Lipinski definition) is 5. The second kappa shape index (κ2) is 7.55. The second-order valence-corrected chi connectivity index (χ2v) is 8.00. The number of nitrogens with one attached hydrogen (secondary N) is 1. The number of anilines is 1. The fraction of sp³-hybridized carbons (Fsp3) is 0.476. The largest absolute Gasteiger partial charge is 0.354 e. The van der Waals surface area contributed by atoms with Crippen LogP contribution in [0, 0.1) is 0 Å². The van der Waals surface area contributed by atoms with E-state index >= 15 is 0 Å². The molecule has 0 saturated carbocycles. The van der Waals surface area contributed by atoms with Gasteiger partial charge in [-0.15, -0.1) is 0 Å². The van der Waals surface area contributed by atoms with Crippen LogP contribution in [0.5, 0.6) is 0 Å². The van der Waals surface area contributed by atoms with Crippen molar-refractivity contribution in [3.05, 3.63) is 29.8 Å². The molecule has 9 heteroatoms. The van der Waals surface area contributed by atoms with E-state index in [0.29, 0.717) is 30.5 Å². The lowest BCUT2D eigenvalue weighted by atomic mass is 9.98. The van der Waals surface area contributed by atoms with Crippen molar-refractivity contribution in [2.45, 2.75) is 44.7 Å². The second-order valence-electron chi connectivity index (χ2n) is 8.00. The maximum atomic E-state index is 13.1. The Morgan fingerprint density at radius 3 is 2.47 bits per heavy atom. The summed E-state index contributed by atoms with van der Waals surface area (Å²) in [4.78, 5) is 65.7. The summed E-state index contributed by atoms with van der Waals surface area (Å²) in [5, 5.41) is 2.75. The van der Waals surface area contributed by atoms with Crippen LogP contribution in [0.2, 0.25) is 0 Å². The molecule has 4 rings (SSSR count). The standard InChI is InChI=1S/C21H24N4O5/c1-21-10-9-19(29)25(21)15-6-3-2-5-14(15)20(30)24(21)13-16(26)22-11-4-12-23-17(27)7-8-18(23)28/h2-3,5-6H,4,7-13H2,1H3,(H,22,26). The molecule has 9 nitrogen and oxygen atoms in total. The maximum Gasteiger partial charge on any atom is 0.258 e. The van der Waals surface area contributed by atoms with Crippen molar-refractivity contribution in [1.29, 1.82) is 0 Å². The monoisotopic (exact) mass is 412 g/mol. The topological polar surface area (TPSA) is 107 Å². The highest BCUT2D eigenvalue weighted by Gasteiger charge is 2.53. The van der Waals surface area contributed by atoms with Crippen LogP contribution < -0.4 is 10.2 Å². The number of imide groups is 1. The number of likely N-dealkylation sites (tertiary alicyclic amines) is 1. The summed E-state index contributed by atoms with van der Waals surface area (Å²) in [5.41, 5.74) is 0.113. The van der Waals surface area contributed by atoms with Crippen LogP contribution in [0.1, 0.15) is 49.4 Å². The van der Waals surface area contributed by atoms with E-state index in [4.69, 9.17) is 0 Å². The number of para-hydroxylation sites is 1. The highest BCUT2D eigenvalue weighted by molar-refractivity contribution is 6.11. The number of carbonyl (C=O) groups excluding carboxylic acids is 5. The molecule has 0 bridgehead atoms. The molecule has 1 unspecified atom stereocenters. The van der Waals surface area contributed by atoms with E-state index in [1.54, 1.807) is 29.2 Å². The first-order chi connectivity index (χ1) is 14.3. The number of carbonyl (C=O) groups is 5. The molecule has 3 aliphatic heterocycles. The summed E-state index contributed by atoms with van der Waals surface area (Å²) in [6.07, 6.45) is 1.71. The molecule has 1 atom stereocenters. The van der Waals surface area contributed by atoms with E-state index in [9.17, 15) is 24.0 Å². The molecule has 30 heavy (non-hydrogen) atoms. The Bertz CT molecular complexity index is 929. The molecule has 0 radical (unpaired) electrons. The fourth-order valence-electron chi connectivity index (χ4n) is 4.48. The predicted molar refractivity (Wildman–Crippen MR) is 106 cm³/mol. The first-order valence-corrected chi connectivity index (χ1v) is 10.2. The van der Waals surface area contributed by atoms with Crippen molar-refractivity contribution in [2.24, 2.45) is 0 Å². The van der Waals surface area contributed by atoms with Crippen molar-refractivity contribution in [1.82, 2.24) is 15.1 Å². The van der Waals surface area contributed by atoms with E-state index in [1.807, 2.05) is 6.92 Å². The lowest BCUT2D eigenvalue weighted by molar-refractivity contribution is -0.138. The highest BCUT2D eigenvalue weighted by atomic mass is 16.2. The minimum Gasteiger partial charge on any atom is -0.354 e. The molecule has 2 saturated heterocycles. The number of nitrogens with zero attached hydrogens (tertiary/aromatic N) is 3. The maximum absolute atomic E-state index is 13.1. The molecule has 1 N–H and O–H groups in total. The van der Waals surface area contributed by atoms with Gasteiger partial charge in [-0.1, -0.05) is 12.1 Å². The lowest BCUT2D eigenvalue weighted by Crippen LogP contribution is -2.63. The van der Waals surface area contributed by atoms with Gasteiger partial charge in [0.15, 0.2) is 0 Å². The molecular formula is C21H24N4O5. The Balaban J connectivity index is 1.40. The van der Waals surface area contributed by atoms with Gasteiger partial charge >= 0.3 is 0 Å². The Morgan fingerprint density at radius 2 is 1.73 bits per heavy atom. The Hall–Kier alpha value is -3.23. The van der Waals surface area contributed by atoms with Gasteiger partial charge in [-0.3, -0.25) is 33.8 Å². The zero-order chi connectivity index (χ0) is 21.5. The van der Waals surface area contributed by atoms with Gasteiger partial charge in [0.1, 0.15) is 12.2 Å². The van der Waals surface area contributed by atoms with Gasteiger partial charge in [0.05, 0.1) is 11.3 Å². The average molecular weight is 412 g/mol. The Kier molecular flexibility index (Phi) is 5.05. The minimum atomic E-state index is -0.881. The Labute approximate surface area is 174 Å². The quantitative estimate of drug-likeness (QED) is 0.545. The first-order valence-electron chi connectivity index (χ1n) is 10.2. The van der Waals surface area contributed by atoms with Crippen LogP contribution in [0.25, 0.3) is 0 Å². The molecular weight excluding hydrogens is 388 g/mol. The van der Waals surface area contributed by atoms with Crippen molar-refractivity contribution < 1.29 is 24.0 Å². The summed E-state index contributed by atoms with van der Waals surface area (Å²) in [5.74, 6) is -1.04. The minimum absolute atomic E-state index is 0.0668. The SMILES string of the molecule is CC12CCC(=O)N1c1ccccc1C(=O)N2CC(=O)NCCCN1C(=O)CCC1=O. The highest BCUT2D eigenvalue weighted by Crippen LogP contribution is 2.43. The van der Waals surface area contributed by atoms with E-state index in [1.165, 1.54) is 9.80 Å². The van der Waals surface area contributed by atoms with Crippen molar-refractivity contribution in [2.75, 3.05) is 24.5 Å². The summed E-state index contributed by atoms with van der Waals surface area (Å²) < 4.78 is 0. The van der Waals surface area contributed by atoms with Gasteiger partial charge < -0.3 is 10.2 Å². The van der Waals surface area contributed by atoms with Crippen molar-refractivity contribution >= 4 is 35.2 Å². The van der Waals surface area contributed by atoms with E-state index in [0.717, 1.165) is 0 Å². The van der Waals surface area contributed by atoms with E-state index < -0.39 is 5.66 Å². The number of rotatable bonds is 6. The first kappa shape index (κ1) is 20.1. The number of hydrogen-bond donors (Lipinski definition) is 1. The smallest absolute Gasteiger partial charge is 0.258 e. The van der Waals surface area contributed by atoms with Crippen molar-refractivity contribution in [3.63, 3.8) is 0 Å². The molecule has 3 heterocycles.